The topological polar surface area (TPSA) is 15.3 Å². The Morgan fingerprint density at radius 2 is 2.00 bits per heavy atom. The van der Waals surface area contributed by atoms with Crippen LogP contribution < -0.4 is 10.2 Å². The first-order valence-corrected chi connectivity index (χ1v) is 6.29. The van der Waals surface area contributed by atoms with Gasteiger partial charge >= 0.3 is 0 Å². The van der Waals surface area contributed by atoms with Crippen LogP contribution in [0.2, 0.25) is 5.02 Å². The molecule has 0 aliphatic carbocycles. The second-order valence-corrected chi connectivity index (χ2v) is 5.12. The third-order valence-electron chi connectivity index (χ3n) is 3.21. The molecule has 1 atom stereocenters. The molecule has 2 nitrogen and oxygen atoms in total. The lowest BCUT2D eigenvalue weighted by Gasteiger charge is -2.40. The molecule has 88 valence electrons. The average molecular weight is 239 g/mol. The monoisotopic (exact) mass is 238 g/mol. The van der Waals surface area contributed by atoms with Crippen molar-refractivity contribution >= 4 is 17.3 Å². The van der Waals surface area contributed by atoms with Crippen molar-refractivity contribution in [1.29, 1.82) is 0 Å². The predicted octanol–water partition coefficient (Wildman–Crippen LogP) is 2.77. The molecule has 0 radical (unpaired) electrons. The number of anilines is 1. The number of hydrogen-bond donors (Lipinski definition) is 1. The van der Waals surface area contributed by atoms with Gasteiger partial charge in [-0.2, -0.15) is 0 Å². The summed E-state index contributed by atoms with van der Waals surface area (Å²) in [7, 11) is 0. The van der Waals surface area contributed by atoms with E-state index in [-0.39, 0.29) is 0 Å². The number of hydrogen-bond acceptors (Lipinski definition) is 2. The van der Waals surface area contributed by atoms with Crippen molar-refractivity contribution in [3.63, 3.8) is 0 Å². The Kier molecular flexibility index (Phi) is 3.72. The van der Waals surface area contributed by atoms with Gasteiger partial charge in [-0.15, -0.1) is 0 Å². The van der Waals surface area contributed by atoms with Crippen LogP contribution in [-0.4, -0.2) is 25.7 Å². The molecule has 1 aromatic rings. The summed E-state index contributed by atoms with van der Waals surface area (Å²) in [5.74, 6) is 0.656. The fraction of sp³-hybridized carbons (Fsp3) is 0.538. The van der Waals surface area contributed by atoms with Crippen LogP contribution in [0.4, 0.5) is 5.69 Å². The first kappa shape index (κ1) is 11.7. The quantitative estimate of drug-likeness (QED) is 0.853. The Balaban J connectivity index is 2.19. The molecular weight excluding hydrogens is 220 g/mol. The summed E-state index contributed by atoms with van der Waals surface area (Å²) in [4.78, 5) is 2.48. The molecule has 0 aromatic heterocycles. The summed E-state index contributed by atoms with van der Waals surface area (Å²) < 4.78 is 0. The summed E-state index contributed by atoms with van der Waals surface area (Å²) in [5, 5.41) is 4.27. The third-order valence-corrected chi connectivity index (χ3v) is 3.46. The van der Waals surface area contributed by atoms with Crippen molar-refractivity contribution in [2.24, 2.45) is 5.92 Å². The first-order valence-electron chi connectivity index (χ1n) is 5.91. The van der Waals surface area contributed by atoms with Crippen molar-refractivity contribution < 1.29 is 0 Å². The van der Waals surface area contributed by atoms with Gasteiger partial charge in [-0.1, -0.05) is 25.4 Å². The van der Waals surface area contributed by atoms with Crippen LogP contribution in [0.25, 0.3) is 0 Å². The molecule has 0 spiro atoms. The van der Waals surface area contributed by atoms with Crippen LogP contribution in [-0.2, 0) is 0 Å². The molecule has 1 aliphatic heterocycles. The maximum absolute atomic E-state index is 5.92. The van der Waals surface area contributed by atoms with Crippen molar-refractivity contribution in [2.75, 3.05) is 24.5 Å². The molecule has 1 N–H and O–H groups in total. The van der Waals surface area contributed by atoms with Crippen LogP contribution >= 0.6 is 11.6 Å². The van der Waals surface area contributed by atoms with Crippen LogP contribution in [0.3, 0.4) is 0 Å². The zero-order valence-electron chi connectivity index (χ0n) is 9.91. The highest BCUT2D eigenvalue weighted by Gasteiger charge is 2.24. The molecule has 0 bridgehead atoms. The van der Waals surface area contributed by atoms with E-state index in [4.69, 9.17) is 11.6 Å². The van der Waals surface area contributed by atoms with Crippen LogP contribution in [0, 0.1) is 5.92 Å². The number of nitrogens with one attached hydrogen (secondary N) is 1. The Hall–Kier alpha value is -0.730. The fourth-order valence-corrected chi connectivity index (χ4v) is 2.40. The van der Waals surface area contributed by atoms with Gasteiger partial charge in [0.15, 0.2) is 0 Å². The van der Waals surface area contributed by atoms with E-state index in [9.17, 15) is 0 Å². The molecule has 0 saturated carbocycles. The molecule has 1 unspecified atom stereocenters. The molecule has 1 fully saturated rings. The lowest BCUT2D eigenvalue weighted by molar-refractivity contribution is 0.390. The number of rotatable bonds is 2. The van der Waals surface area contributed by atoms with E-state index in [0.717, 1.165) is 24.7 Å². The Morgan fingerprint density at radius 3 is 2.62 bits per heavy atom. The molecule has 2 rings (SSSR count). The number of halogens is 1. The zero-order chi connectivity index (χ0) is 11.5. The molecule has 0 amide bonds. The van der Waals surface area contributed by atoms with Crippen molar-refractivity contribution in [2.45, 2.75) is 19.9 Å². The number of benzene rings is 1. The molecule has 16 heavy (non-hydrogen) atoms. The highest BCUT2D eigenvalue weighted by atomic mass is 35.5. The van der Waals surface area contributed by atoms with E-state index in [2.05, 4.69) is 36.2 Å². The van der Waals surface area contributed by atoms with Crippen molar-refractivity contribution in [3.8, 4) is 0 Å². The molecule has 1 saturated heterocycles. The largest absolute Gasteiger partial charge is 0.366 e. The van der Waals surface area contributed by atoms with Gasteiger partial charge < -0.3 is 10.2 Å². The summed E-state index contributed by atoms with van der Waals surface area (Å²) in [6.07, 6.45) is 0. The van der Waals surface area contributed by atoms with Gasteiger partial charge in [0.05, 0.1) is 0 Å². The normalized spacial score (nSPS) is 21.5. The highest BCUT2D eigenvalue weighted by Crippen LogP contribution is 2.23. The molecule has 1 heterocycles. The Bertz CT molecular complexity index is 334. The van der Waals surface area contributed by atoms with Gasteiger partial charge in [-0.3, -0.25) is 0 Å². The van der Waals surface area contributed by atoms with Gasteiger partial charge in [-0.05, 0) is 30.2 Å². The van der Waals surface area contributed by atoms with Crippen LogP contribution in [0.5, 0.6) is 0 Å². The van der Waals surface area contributed by atoms with Crippen molar-refractivity contribution in [1.82, 2.24) is 5.32 Å². The van der Waals surface area contributed by atoms with E-state index in [1.165, 1.54) is 5.69 Å². The third kappa shape index (κ3) is 2.50. The average Bonchev–Trinajstić information content (AvgIpc) is 2.30. The summed E-state index contributed by atoms with van der Waals surface area (Å²) in [6, 6.07) is 8.74. The second kappa shape index (κ2) is 5.07. The van der Waals surface area contributed by atoms with E-state index in [1.807, 2.05) is 12.1 Å². The van der Waals surface area contributed by atoms with Crippen molar-refractivity contribution in [3.05, 3.63) is 29.3 Å². The van der Waals surface area contributed by atoms with E-state index in [1.54, 1.807) is 0 Å². The van der Waals surface area contributed by atoms with E-state index < -0.39 is 0 Å². The number of piperazine rings is 1. The zero-order valence-corrected chi connectivity index (χ0v) is 10.7. The smallest absolute Gasteiger partial charge is 0.0437 e. The summed E-state index contributed by atoms with van der Waals surface area (Å²) >= 11 is 5.92. The maximum atomic E-state index is 5.92. The second-order valence-electron chi connectivity index (χ2n) is 4.69. The van der Waals surface area contributed by atoms with Gasteiger partial charge in [0.25, 0.3) is 0 Å². The van der Waals surface area contributed by atoms with E-state index in [0.29, 0.717) is 12.0 Å². The minimum atomic E-state index is 0.579. The SMILES string of the molecule is CC(C)C1CNCCN1c1ccc(Cl)cc1. The highest BCUT2D eigenvalue weighted by molar-refractivity contribution is 6.30. The van der Waals surface area contributed by atoms with Gasteiger partial charge in [0, 0.05) is 36.4 Å². The lowest BCUT2D eigenvalue weighted by atomic mass is 10.00. The molecule has 3 heteroatoms. The summed E-state index contributed by atoms with van der Waals surface area (Å²) in [5.41, 5.74) is 1.28. The first-order chi connectivity index (χ1) is 7.68. The predicted molar refractivity (Wildman–Crippen MR) is 70.3 cm³/mol. The molecule has 1 aromatic carbocycles. The molecule has 1 aliphatic rings. The van der Waals surface area contributed by atoms with Gasteiger partial charge in [0.2, 0.25) is 0 Å². The van der Waals surface area contributed by atoms with Crippen LogP contribution in [0.15, 0.2) is 24.3 Å². The minimum Gasteiger partial charge on any atom is -0.366 e. The van der Waals surface area contributed by atoms with Gasteiger partial charge in [-0.25, -0.2) is 0 Å². The summed E-state index contributed by atoms with van der Waals surface area (Å²) in [6.45, 7) is 7.76. The minimum absolute atomic E-state index is 0.579. The van der Waals surface area contributed by atoms with Gasteiger partial charge in [0.1, 0.15) is 0 Å². The van der Waals surface area contributed by atoms with Crippen LogP contribution in [0.1, 0.15) is 13.8 Å². The fourth-order valence-electron chi connectivity index (χ4n) is 2.27. The number of nitrogens with zero attached hydrogens (tertiary/aromatic N) is 1. The molecular formula is C13H19ClN2. The Morgan fingerprint density at radius 1 is 1.31 bits per heavy atom. The standard InChI is InChI=1S/C13H19ClN2/c1-10(2)13-9-15-7-8-16(13)12-5-3-11(14)4-6-12/h3-6,10,13,15H,7-9H2,1-2H3. The Labute approximate surface area is 103 Å². The lowest BCUT2D eigenvalue weighted by Crippen LogP contribution is -2.53. The van der Waals surface area contributed by atoms with E-state index >= 15 is 0 Å². The maximum Gasteiger partial charge on any atom is 0.0437 e.